The molecule has 35 heavy (non-hydrogen) atoms. The highest BCUT2D eigenvalue weighted by molar-refractivity contribution is 9.10. The summed E-state index contributed by atoms with van der Waals surface area (Å²) in [5, 5.41) is 0.637. The third-order valence-electron chi connectivity index (χ3n) is 6.06. The van der Waals surface area contributed by atoms with Gasteiger partial charge in [-0.25, -0.2) is 13.6 Å². The summed E-state index contributed by atoms with van der Waals surface area (Å²) < 4.78 is 40.3. The van der Waals surface area contributed by atoms with Gasteiger partial charge >= 0.3 is 12.1 Å². The molecule has 0 aliphatic carbocycles. The average Bonchev–Trinajstić information content (AvgIpc) is 3.11. The van der Waals surface area contributed by atoms with Gasteiger partial charge < -0.3 is 19.3 Å². The van der Waals surface area contributed by atoms with Gasteiger partial charge in [0.1, 0.15) is 29.7 Å². The lowest BCUT2D eigenvalue weighted by Crippen LogP contribution is -2.50. The molecule has 2 atom stereocenters. The third-order valence-corrected chi connectivity index (χ3v) is 7.36. The van der Waals surface area contributed by atoms with E-state index in [4.69, 9.17) is 21.1 Å². The highest BCUT2D eigenvalue weighted by atomic mass is 79.9. The number of aromatic nitrogens is 2. The normalized spacial score (nSPS) is 21.6. The number of likely N-dealkylation sites (N-methyl/N-ethyl adjacent to an activating group) is 1. The van der Waals surface area contributed by atoms with E-state index < -0.39 is 17.6 Å². The van der Waals surface area contributed by atoms with Gasteiger partial charge in [-0.1, -0.05) is 11.6 Å². The van der Waals surface area contributed by atoms with Crippen LogP contribution in [0.4, 0.5) is 19.4 Å². The summed E-state index contributed by atoms with van der Waals surface area (Å²) in [7, 11) is 1.84. The Balaban J connectivity index is 1.59. The molecule has 4 rings (SSSR count). The molecule has 0 radical (unpaired) electrons. The van der Waals surface area contributed by atoms with E-state index in [1.165, 1.54) is 0 Å². The predicted molar refractivity (Wildman–Crippen MR) is 134 cm³/mol. The number of rotatable bonds is 4. The highest BCUT2D eigenvalue weighted by Crippen LogP contribution is 2.36. The molecule has 0 N–H and O–H groups in total. The van der Waals surface area contributed by atoms with Crippen LogP contribution in [0, 0.1) is 5.82 Å². The SMILES string of the molecule is CN1C[C@@H](F)C[C@H]1COc1nc(N2CCN(C(=O)OC(C)(C)C)CC2)c2cc(Cl)c(Br)c(F)c2n1. The first kappa shape index (κ1) is 26.1. The van der Waals surface area contributed by atoms with Crippen molar-refractivity contribution >= 4 is 50.3 Å². The van der Waals surface area contributed by atoms with Gasteiger partial charge in [-0.2, -0.15) is 9.97 Å². The third kappa shape index (κ3) is 5.89. The molecule has 3 heterocycles. The molecule has 2 aliphatic rings. The lowest BCUT2D eigenvalue weighted by atomic mass is 10.2. The summed E-state index contributed by atoms with van der Waals surface area (Å²) in [6.45, 7) is 7.73. The maximum atomic E-state index is 15.1. The molecule has 0 bridgehead atoms. The lowest BCUT2D eigenvalue weighted by molar-refractivity contribution is 0.0240. The van der Waals surface area contributed by atoms with Gasteiger partial charge in [0.2, 0.25) is 0 Å². The van der Waals surface area contributed by atoms with Crippen molar-refractivity contribution in [1.29, 1.82) is 0 Å². The van der Waals surface area contributed by atoms with E-state index in [9.17, 15) is 9.18 Å². The standard InChI is InChI=1S/C23H29BrClF2N5O3/c1-23(2,3)35-22(33)32-7-5-31(6-8-32)20-15-10-16(25)17(24)18(27)19(15)28-21(29-20)34-12-14-9-13(26)11-30(14)4/h10,13-14H,5-9,11-12H2,1-4H3/t13-,14-/m0/s1. The summed E-state index contributed by atoms with van der Waals surface area (Å²) in [6, 6.07) is 1.50. The number of hydrogen-bond acceptors (Lipinski definition) is 7. The van der Waals surface area contributed by atoms with Crippen LogP contribution in [0.5, 0.6) is 6.01 Å². The van der Waals surface area contributed by atoms with Crippen molar-refractivity contribution in [2.24, 2.45) is 0 Å². The Hall–Kier alpha value is -1.98. The zero-order chi connectivity index (χ0) is 25.5. The van der Waals surface area contributed by atoms with E-state index in [-0.39, 0.29) is 39.8 Å². The van der Waals surface area contributed by atoms with Crippen LogP contribution in [-0.4, -0.2) is 90.1 Å². The molecule has 1 amide bonds. The molecule has 192 valence electrons. The topological polar surface area (TPSA) is 71.0 Å². The van der Waals surface area contributed by atoms with Crippen LogP contribution in [0.2, 0.25) is 5.02 Å². The van der Waals surface area contributed by atoms with Gasteiger partial charge in [0.15, 0.2) is 5.82 Å². The Kier molecular flexibility index (Phi) is 7.59. The first-order valence-corrected chi connectivity index (χ1v) is 12.6. The molecule has 2 saturated heterocycles. The molecule has 2 fully saturated rings. The Morgan fingerprint density at radius 3 is 2.54 bits per heavy atom. The maximum absolute atomic E-state index is 15.1. The van der Waals surface area contributed by atoms with Crippen molar-refractivity contribution in [3.05, 3.63) is 21.4 Å². The minimum absolute atomic E-state index is 0.00547. The number of alkyl halides is 1. The molecule has 0 unspecified atom stereocenters. The van der Waals surface area contributed by atoms with E-state index >= 15 is 4.39 Å². The van der Waals surface area contributed by atoms with E-state index in [1.54, 1.807) is 11.0 Å². The zero-order valence-electron chi connectivity index (χ0n) is 20.2. The summed E-state index contributed by atoms with van der Waals surface area (Å²) >= 11 is 9.42. The Labute approximate surface area is 216 Å². The molecule has 12 heteroatoms. The van der Waals surface area contributed by atoms with Crippen LogP contribution >= 0.6 is 27.5 Å². The van der Waals surface area contributed by atoms with Crippen molar-refractivity contribution in [2.75, 3.05) is 51.3 Å². The summed E-state index contributed by atoms with van der Waals surface area (Å²) in [5.41, 5.74) is -0.514. The van der Waals surface area contributed by atoms with E-state index in [0.717, 1.165) is 0 Å². The fourth-order valence-electron chi connectivity index (χ4n) is 4.25. The van der Waals surface area contributed by atoms with Crippen molar-refractivity contribution in [3.63, 3.8) is 0 Å². The number of benzene rings is 1. The molecule has 8 nitrogen and oxygen atoms in total. The number of fused-ring (bicyclic) bond motifs is 1. The summed E-state index contributed by atoms with van der Waals surface area (Å²) in [4.78, 5) is 26.8. The van der Waals surface area contributed by atoms with Gasteiger partial charge in [-0.3, -0.25) is 4.90 Å². The van der Waals surface area contributed by atoms with Crippen LogP contribution in [0.1, 0.15) is 27.2 Å². The second-order valence-corrected chi connectivity index (χ2v) is 11.1. The number of carbonyl (C=O) groups is 1. The number of likely N-dealkylation sites (tertiary alicyclic amines) is 1. The zero-order valence-corrected chi connectivity index (χ0v) is 22.5. The van der Waals surface area contributed by atoms with Crippen LogP contribution < -0.4 is 9.64 Å². The van der Waals surface area contributed by atoms with Gasteiger partial charge in [-0.15, -0.1) is 0 Å². The van der Waals surface area contributed by atoms with E-state index in [0.29, 0.717) is 50.3 Å². The second-order valence-electron chi connectivity index (χ2n) is 9.90. The minimum Gasteiger partial charge on any atom is -0.462 e. The first-order valence-electron chi connectivity index (χ1n) is 11.5. The molecule has 2 aromatic rings. The van der Waals surface area contributed by atoms with Crippen LogP contribution in [0.25, 0.3) is 10.9 Å². The first-order chi connectivity index (χ1) is 16.4. The number of halogens is 4. The Morgan fingerprint density at radius 2 is 1.94 bits per heavy atom. The maximum Gasteiger partial charge on any atom is 0.410 e. The number of ether oxygens (including phenoxy) is 2. The largest absolute Gasteiger partial charge is 0.462 e. The van der Waals surface area contributed by atoms with Crippen molar-refractivity contribution in [1.82, 2.24) is 19.8 Å². The molecule has 0 spiro atoms. The fourth-order valence-corrected chi connectivity index (χ4v) is 4.74. The van der Waals surface area contributed by atoms with Crippen LogP contribution in [0.3, 0.4) is 0 Å². The molecule has 1 aromatic heterocycles. The monoisotopic (exact) mass is 575 g/mol. The van der Waals surface area contributed by atoms with Gasteiger partial charge in [0, 0.05) is 44.2 Å². The molecule has 2 aliphatic heterocycles. The van der Waals surface area contributed by atoms with Gasteiger partial charge in [-0.05, 0) is 56.2 Å². The number of hydrogen-bond donors (Lipinski definition) is 0. The van der Waals surface area contributed by atoms with Crippen LogP contribution in [0.15, 0.2) is 10.5 Å². The van der Waals surface area contributed by atoms with E-state index in [2.05, 4.69) is 25.9 Å². The number of piperazine rings is 1. The second kappa shape index (κ2) is 10.2. The smallest absolute Gasteiger partial charge is 0.410 e. The lowest BCUT2D eigenvalue weighted by Gasteiger charge is -2.36. The fraction of sp³-hybridized carbons (Fsp3) is 0.609. The minimum atomic E-state index is -0.904. The summed E-state index contributed by atoms with van der Waals surface area (Å²) in [6.07, 6.45) is -0.920. The molecule has 0 saturated carbocycles. The highest BCUT2D eigenvalue weighted by Gasteiger charge is 2.31. The molecule has 1 aromatic carbocycles. The predicted octanol–water partition coefficient (Wildman–Crippen LogP) is 4.66. The summed E-state index contributed by atoms with van der Waals surface area (Å²) in [5.74, 6) is -0.152. The average molecular weight is 577 g/mol. The number of amides is 1. The quantitative estimate of drug-likeness (QED) is 0.490. The molecular formula is C23H29BrClF2N5O3. The van der Waals surface area contributed by atoms with Crippen molar-refractivity contribution in [2.45, 2.75) is 45.0 Å². The van der Waals surface area contributed by atoms with Gasteiger partial charge in [0.25, 0.3) is 0 Å². The Morgan fingerprint density at radius 1 is 1.26 bits per heavy atom. The van der Waals surface area contributed by atoms with Crippen molar-refractivity contribution < 1.29 is 23.0 Å². The van der Waals surface area contributed by atoms with Crippen LogP contribution in [-0.2, 0) is 4.74 Å². The molecular weight excluding hydrogens is 548 g/mol. The Bertz CT molecular complexity index is 1110. The number of carbonyl (C=O) groups excluding carboxylic acids is 1. The van der Waals surface area contributed by atoms with Gasteiger partial charge in [0.05, 0.1) is 9.50 Å². The van der Waals surface area contributed by atoms with Crippen molar-refractivity contribution in [3.8, 4) is 6.01 Å². The van der Waals surface area contributed by atoms with E-state index in [1.807, 2.05) is 37.6 Å². The number of anilines is 1. The number of nitrogens with zero attached hydrogens (tertiary/aromatic N) is 5.